The van der Waals surface area contributed by atoms with Gasteiger partial charge in [0.25, 0.3) is 0 Å². The third-order valence-corrected chi connectivity index (χ3v) is 3.22. The molecule has 1 heterocycles. The van der Waals surface area contributed by atoms with E-state index in [0.717, 1.165) is 6.42 Å². The molecule has 1 aromatic heterocycles. The summed E-state index contributed by atoms with van der Waals surface area (Å²) in [6.07, 6.45) is 4.14. The standard InChI is InChI=1S/C15H17ClFN3O/c1-2-5-21-12-6-10(8-19-9-12)15(20-18)13-4-3-11(16)7-14(13)17/h3-4,6-9,15,20H,2,5,18H2,1H3. The van der Waals surface area contributed by atoms with Gasteiger partial charge in [0, 0.05) is 16.8 Å². The molecule has 4 nitrogen and oxygen atoms in total. The van der Waals surface area contributed by atoms with Gasteiger partial charge in [-0.3, -0.25) is 10.8 Å². The van der Waals surface area contributed by atoms with E-state index in [1.807, 2.05) is 6.92 Å². The summed E-state index contributed by atoms with van der Waals surface area (Å²) in [5, 5.41) is 0.338. The van der Waals surface area contributed by atoms with Gasteiger partial charge in [0.1, 0.15) is 11.6 Å². The number of hydrogen-bond donors (Lipinski definition) is 2. The molecule has 6 heteroatoms. The van der Waals surface area contributed by atoms with E-state index in [0.29, 0.717) is 28.5 Å². The van der Waals surface area contributed by atoms with Crippen LogP contribution in [0.4, 0.5) is 4.39 Å². The second-order valence-corrected chi connectivity index (χ2v) is 5.00. The van der Waals surface area contributed by atoms with Crippen molar-refractivity contribution in [3.63, 3.8) is 0 Å². The highest BCUT2D eigenvalue weighted by molar-refractivity contribution is 6.30. The van der Waals surface area contributed by atoms with Gasteiger partial charge < -0.3 is 4.74 Å². The van der Waals surface area contributed by atoms with Gasteiger partial charge in [0.2, 0.25) is 0 Å². The van der Waals surface area contributed by atoms with Crippen LogP contribution in [0, 0.1) is 5.82 Å². The molecular formula is C15H17ClFN3O. The molecule has 0 amide bonds. The molecule has 2 rings (SSSR count). The highest BCUT2D eigenvalue weighted by Crippen LogP contribution is 2.27. The van der Waals surface area contributed by atoms with E-state index in [2.05, 4.69) is 10.4 Å². The molecule has 0 bridgehead atoms. The third kappa shape index (κ3) is 3.91. The molecule has 0 aliphatic carbocycles. The lowest BCUT2D eigenvalue weighted by molar-refractivity contribution is 0.315. The quantitative estimate of drug-likeness (QED) is 0.635. The van der Waals surface area contributed by atoms with E-state index < -0.39 is 11.9 Å². The first-order chi connectivity index (χ1) is 10.2. The largest absolute Gasteiger partial charge is 0.492 e. The lowest BCUT2D eigenvalue weighted by Gasteiger charge is -2.18. The molecule has 21 heavy (non-hydrogen) atoms. The van der Waals surface area contributed by atoms with E-state index in [9.17, 15) is 4.39 Å². The van der Waals surface area contributed by atoms with Crippen molar-refractivity contribution in [2.24, 2.45) is 5.84 Å². The molecule has 0 aliphatic heterocycles. The molecule has 112 valence electrons. The molecule has 0 radical (unpaired) electrons. The van der Waals surface area contributed by atoms with Crippen LogP contribution in [-0.4, -0.2) is 11.6 Å². The molecule has 1 atom stereocenters. The minimum absolute atomic E-state index is 0.338. The number of aromatic nitrogens is 1. The second-order valence-electron chi connectivity index (χ2n) is 4.57. The summed E-state index contributed by atoms with van der Waals surface area (Å²) in [6.45, 7) is 2.62. The molecular weight excluding hydrogens is 293 g/mol. The Labute approximate surface area is 128 Å². The smallest absolute Gasteiger partial charge is 0.137 e. The van der Waals surface area contributed by atoms with Crippen LogP contribution in [0.3, 0.4) is 0 Å². The number of ether oxygens (including phenoxy) is 1. The van der Waals surface area contributed by atoms with Crippen molar-refractivity contribution < 1.29 is 9.13 Å². The van der Waals surface area contributed by atoms with Gasteiger partial charge in [-0.2, -0.15) is 0 Å². The van der Waals surface area contributed by atoms with Crippen LogP contribution >= 0.6 is 11.6 Å². The number of benzene rings is 1. The van der Waals surface area contributed by atoms with Gasteiger partial charge >= 0.3 is 0 Å². The number of nitrogens with two attached hydrogens (primary N) is 1. The van der Waals surface area contributed by atoms with Crippen LogP contribution in [0.15, 0.2) is 36.7 Å². The molecule has 0 fully saturated rings. The minimum atomic E-state index is -0.528. The Morgan fingerprint density at radius 1 is 1.38 bits per heavy atom. The summed E-state index contributed by atoms with van der Waals surface area (Å²) in [5.41, 5.74) is 3.71. The van der Waals surface area contributed by atoms with Gasteiger partial charge in [-0.15, -0.1) is 0 Å². The fourth-order valence-corrected chi connectivity index (χ4v) is 2.15. The van der Waals surface area contributed by atoms with Crippen molar-refractivity contribution in [1.29, 1.82) is 0 Å². The van der Waals surface area contributed by atoms with Crippen LogP contribution < -0.4 is 16.0 Å². The maximum absolute atomic E-state index is 14.0. The Hall–Kier alpha value is -1.69. The minimum Gasteiger partial charge on any atom is -0.492 e. The Bertz CT molecular complexity index is 609. The fraction of sp³-hybridized carbons (Fsp3) is 0.267. The Balaban J connectivity index is 2.32. The molecule has 2 aromatic rings. The highest BCUT2D eigenvalue weighted by Gasteiger charge is 2.18. The summed E-state index contributed by atoms with van der Waals surface area (Å²) >= 11 is 5.77. The van der Waals surface area contributed by atoms with E-state index in [-0.39, 0.29) is 0 Å². The number of hydrazine groups is 1. The number of rotatable bonds is 6. The fourth-order valence-electron chi connectivity index (χ4n) is 1.99. The van der Waals surface area contributed by atoms with Crippen LogP contribution in [0.25, 0.3) is 0 Å². The molecule has 1 aromatic carbocycles. The van der Waals surface area contributed by atoms with Crippen molar-refractivity contribution in [3.8, 4) is 5.75 Å². The lowest BCUT2D eigenvalue weighted by atomic mass is 10.0. The van der Waals surface area contributed by atoms with E-state index >= 15 is 0 Å². The third-order valence-electron chi connectivity index (χ3n) is 2.98. The number of pyridine rings is 1. The van der Waals surface area contributed by atoms with Crippen molar-refractivity contribution in [3.05, 3.63) is 58.6 Å². The van der Waals surface area contributed by atoms with Crippen molar-refractivity contribution in [2.75, 3.05) is 6.61 Å². The van der Waals surface area contributed by atoms with Gasteiger partial charge in [0.05, 0.1) is 18.8 Å². The second kappa shape index (κ2) is 7.36. The molecule has 3 N–H and O–H groups in total. The van der Waals surface area contributed by atoms with Gasteiger partial charge in [-0.1, -0.05) is 24.6 Å². The summed E-state index contributed by atoms with van der Waals surface area (Å²) in [5.74, 6) is 5.78. The van der Waals surface area contributed by atoms with Crippen molar-refractivity contribution in [1.82, 2.24) is 10.4 Å². The predicted octanol–water partition coefficient (Wildman–Crippen LogP) is 3.22. The molecule has 0 spiro atoms. The first-order valence-electron chi connectivity index (χ1n) is 6.64. The Morgan fingerprint density at radius 3 is 2.86 bits per heavy atom. The van der Waals surface area contributed by atoms with E-state index in [1.54, 1.807) is 30.6 Å². The van der Waals surface area contributed by atoms with E-state index in [4.69, 9.17) is 22.2 Å². The molecule has 0 saturated heterocycles. The summed E-state index contributed by atoms with van der Waals surface area (Å²) in [4.78, 5) is 4.11. The first kappa shape index (κ1) is 15.7. The SMILES string of the molecule is CCCOc1cncc(C(NN)c2ccc(Cl)cc2F)c1. The topological polar surface area (TPSA) is 60.2 Å². The number of hydrogen-bond acceptors (Lipinski definition) is 4. The van der Waals surface area contributed by atoms with E-state index in [1.165, 1.54) is 6.07 Å². The Kier molecular flexibility index (Phi) is 5.50. The highest BCUT2D eigenvalue weighted by atomic mass is 35.5. The van der Waals surface area contributed by atoms with Crippen LogP contribution in [0.2, 0.25) is 5.02 Å². The van der Waals surface area contributed by atoms with Gasteiger partial charge in [-0.05, 0) is 30.2 Å². The monoisotopic (exact) mass is 309 g/mol. The summed E-state index contributed by atoms with van der Waals surface area (Å²) in [7, 11) is 0. The molecule has 1 unspecified atom stereocenters. The molecule has 0 saturated carbocycles. The van der Waals surface area contributed by atoms with Crippen LogP contribution in [-0.2, 0) is 0 Å². The maximum atomic E-state index is 14.0. The van der Waals surface area contributed by atoms with Crippen molar-refractivity contribution >= 4 is 11.6 Å². The average Bonchev–Trinajstić information content (AvgIpc) is 2.48. The zero-order chi connectivity index (χ0) is 15.2. The van der Waals surface area contributed by atoms with Gasteiger partial charge in [-0.25, -0.2) is 9.82 Å². The number of halogens is 2. The predicted molar refractivity (Wildman–Crippen MR) is 80.6 cm³/mol. The zero-order valence-corrected chi connectivity index (χ0v) is 12.4. The Morgan fingerprint density at radius 2 is 2.19 bits per heavy atom. The lowest BCUT2D eigenvalue weighted by Crippen LogP contribution is -2.29. The normalized spacial score (nSPS) is 12.2. The van der Waals surface area contributed by atoms with Crippen LogP contribution in [0.5, 0.6) is 5.75 Å². The molecule has 0 aliphatic rings. The number of nitrogens with zero attached hydrogens (tertiary/aromatic N) is 1. The van der Waals surface area contributed by atoms with Gasteiger partial charge in [0.15, 0.2) is 0 Å². The first-order valence-corrected chi connectivity index (χ1v) is 7.02. The summed E-state index contributed by atoms with van der Waals surface area (Å²) < 4.78 is 19.6. The van der Waals surface area contributed by atoms with Crippen LogP contribution in [0.1, 0.15) is 30.5 Å². The zero-order valence-electron chi connectivity index (χ0n) is 11.6. The number of nitrogens with one attached hydrogen (secondary N) is 1. The van der Waals surface area contributed by atoms with Crippen molar-refractivity contribution in [2.45, 2.75) is 19.4 Å². The maximum Gasteiger partial charge on any atom is 0.137 e. The average molecular weight is 310 g/mol. The summed E-state index contributed by atoms with van der Waals surface area (Å²) in [6, 6.07) is 5.74.